The van der Waals surface area contributed by atoms with Crippen LogP contribution in [0, 0.1) is 50.7 Å². The fraction of sp³-hybridized carbons (Fsp3) is 0.120. The molecular weight excluding hydrogens is 1810 g/mol. The molecule has 6 nitrogen and oxygen atoms in total. The van der Waals surface area contributed by atoms with Crippen LogP contribution in [0.25, 0.3) is 218 Å². The van der Waals surface area contributed by atoms with E-state index in [4.69, 9.17) is 19.9 Å². The summed E-state index contributed by atoms with van der Waals surface area (Å²) in [4.78, 5) is 21.0. The molecule has 0 amide bonds. The molecule has 1 radical (unpaired) electrons. The molecule has 4 heterocycles. The second-order valence-corrected chi connectivity index (χ2v) is 38.3. The molecule has 4 aromatic heterocycles. The predicted molar refractivity (Wildman–Crippen MR) is 562 cm³/mol. The summed E-state index contributed by atoms with van der Waals surface area (Å²) >= 11 is 1.87. The molecule has 23 rings (SSSR count). The SMILES string of the molecule is CC(C)(C)C(O)CC(O)C(C)(C)C.Cc1[c-]c(-c2[c-]c3cc4ccccc4cc3cc2-c2cc(C)cc(C)c2)cc(C)c1.[Ir].c1cc(-c2cccc(-c3cccc4c3sc3ccccc34)c2)cc(-c2cnc3c4ccccc4c4ccccc4c3n2)c1.c1ccc(-c2cc(-c3ccc4ccccc4c3)nc3c2ccc2c(-c4ccccc4)cc(-c4ccc5ccccc5c4)nc23)cc1. The summed E-state index contributed by atoms with van der Waals surface area (Å²) in [5, 5.41) is 38.7. The van der Waals surface area contributed by atoms with Crippen LogP contribution in [-0.2, 0) is 20.1 Å². The van der Waals surface area contributed by atoms with Crippen molar-refractivity contribution in [1.29, 1.82) is 0 Å². The largest absolute Gasteiger partial charge is 0.392 e. The van der Waals surface area contributed by atoms with Crippen LogP contribution >= 0.6 is 11.3 Å². The van der Waals surface area contributed by atoms with Gasteiger partial charge in [-0.25, -0.2) is 20.5 Å². The summed E-state index contributed by atoms with van der Waals surface area (Å²) in [6, 6.07) is 144. The number of rotatable bonds is 11. The maximum Gasteiger partial charge on any atom is 0.0979 e. The Morgan fingerprint density at radius 2 is 0.714 bits per heavy atom. The number of nitrogens with zero attached hydrogens (tertiary/aromatic N) is 4. The van der Waals surface area contributed by atoms with Crippen LogP contribution in [0.15, 0.2) is 388 Å². The second-order valence-electron chi connectivity index (χ2n) is 37.3. The first-order chi connectivity index (χ1) is 64.1. The van der Waals surface area contributed by atoms with Gasteiger partial charge in [-0.15, -0.1) is 51.6 Å². The summed E-state index contributed by atoms with van der Waals surface area (Å²) < 4.78 is 2.66. The minimum absolute atomic E-state index is 0. The quantitative estimate of drug-likeness (QED) is 0.0762. The van der Waals surface area contributed by atoms with Gasteiger partial charge in [0.25, 0.3) is 0 Å². The number of aliphatic hydroxyl groups excluding tert-OH is 2. The maximum atomic E-state index is 9.76. The van der Waals surface area contributed by atoms with E-state index in [9.17, 15) is 10.2 Å². The van der Waals surface area contributed by atoms with Gasteiger partial charge < -0.3 is 10.2 Å². The monoisotopic (exact) mass is 1910 g/mol. The van der Waals surface area contributed by atoms with Crippen molar-refractivity contribution in [2.24, 2.45) is 10.8 Å². The summed E-state index contributed by atoms with van der Waals surface area (Å²) in [7, 11) is 0. The Kier molecular flexibility index (Phi) is 24.6. The molecular formula is C125H100IrN4O2S-2. The van der Waals surface area contributed by atoms with Crippen molar-refractivity contribution in [3.05, 3.63) is 423 Å². The van der Waals surface area contributed by atoms with Gasteiger partial charge in [0, 0.05) is 84.9 Å². The van der Waals surface area contributed by atoms with Crippen LogP contribution in [0.2, 0.25) is 0 Å². The van der Waals surface area contributed by atoms with Crippen molar-refractivity contribution in [1.82, 2.24) is 19.9 Å². The maximum absolute atomic E-state index is 9.76. The van der Waals surface area contributed by atoms with Crippen LogP contribution in [0.5, 0.6) is 0 Å². The van der Waals surface area contributed by atoms with E-state index in [0.717, 1.165) is 127 Å². The molecule has 8 heteroatoms. The van der Waals surface area contributed by atoms with E-state index >= 15 is 0 Å². The number of aliphatic hydroxyl groups is 2. The second kappa shape index (κ2) is 37.2. The number of aromatic nitrogens is 4. The third kappa shape index (κ3) is 18.3. The van der Waals surface area contributed by atoms with E-state index < -0.39 is 12.2 Å². The molecule has 19 aromatic carbocycles. The molecule has 0 bridgehead atoms. The normalized spacial score (nSPS) is 12.1. The Hall–Kier alpha value is -14.3. The minimum Gasteiger partial charge on any atom is -0.392 e. The summed E-state index contributed by atoms with van der Waals surface area (Å²) in [5.74, 6) is 0. The fourth-order valence-electron chi connectivity index (χ4n) is 18.6. The van der Waals surface area contributed by atoms with Gasteiger partial charge in [0.2, 0.25) is 0 Å². The van der Waals surface area contributed by atoms with Crippen LogP contribution in [-0.4, -0.2) is 42.4 Å². The van der Waals surface area contributed by atoms with Crippen LogP contribution < -0.4 is 0 Å². The van der Waals surface area contributed by atoms with Crippen molar-refractivity contribution >= 4 is 129 Å². The Balaban J connectivity index is 0.000000122. The Morgan fingerprint density at radius 3 is 1.27 bits per heavy atom. The van der Waals surface area contributed by atoms with Gasteiger partial charge in [-0.1, -0.05) is 398 Å². The predicted octanol–water partition coefficient (Wildman–Crippen LogP) is 33.4. The summed E-state index contributed by atoms with van der Waals surface area (Å²) in [6.45, 7) is 20.5. The van der Waals surface area contributed by atoms with E-state index in [1.165, 1.54) is 113 Å². The number of benzene rings is 19. The number of thiophene rings is 1. The van der Waals surface area contributed by atoms with Crippen molar-refractivity contribution in [2.75, 3.05) is 0 Å². The van der Waals surface area contributed by atoms with Crippen LogP contribution in [0.3, 0.4) is 0 Å². The van der Waals surface area contributed by atoms with Gasteiger partial charge in [0.15, 0.2) is 0 Å². The zero-order valence-corrected chi connectivity index (χ0v) is 79.4. The van der Waals surface area contributed by atoms with Gasteiger partial charge in [-0.3, -0.25) is 4.98 Å². The minimum atomic E-state index is -0.443. The van der Waals surface area contributed by atoms with Crippen molar-refractivity contribution in [2.45, 2.75) is 87.9 Å². The van der Waals surface area contributed by atoms with E-state index in [1.54, 1.807) is 0 Å². The van der Waals surface area contributed by atoms with Crippen LogP contribution in [0.4, 0.5) is 0 Å². The van der Waals surface area contributed by atoms with Crippen molar-refractivity contribution in [3.63, 3.8) is 0 Å². The van der Waals surface area contributed by atoms with Gasteiger partial charge >= 0.3 is 0 Å². The molecule has 2 atom stereocenters. The summed E-state index contributed by atoms with van der Waals surface area (Å²) in [6.07, 6.45) is 1.48. The molecule has 0 aliphatic carbocycles. The number of hydrogen-bond donors (Lipinski definition) is 2. The zero-order valence-electron chi connectivity index (χ0n) is 76.2. The topological polar surface area (TPSA) is 92.0 Å². The van der Waals surface area contributed by atoms with Gasteiger partial charge in [0.05, 0.1) is 57.6 Å². The first-order valence-corrected chi connectivity index (χ1v) is 46.3. The molecule has 2 unspecified atom stereocenters. The molecule has 0 aliphatic heterocycles. The van der Waals surface area contributed by atoms with Crippen LogP contribution in [0.1, 0.15) is 70.2 Å². The smallest absolute Gasteiger partial charge is 0.0979 e. The van der Waals surface area contributed by atoms with Gasteiger partial charge in [0.1, 0.15) is 0 Å². The third-order valence-corrected chi connectivity index (χ3v) is 26.9. The average molecular weight is 1910 g/mol. The number of pyridine rings is 2. The Labute approximate surface area is 795 Å². The first-order valence-electron chi connectivity index (χ1n) is 45.5. The number of hydrogen-bond acceptors (Lipinski definition) is 7. The number of aryl methyl sites for hydroxylation is 4. The van der Waals surface area contributed by atoms with Gasteiger partial charge in [-0.2, -0.15) is 23.8 Å². The standard InChI is InChI=1S/C44H28N2.C40H24N2S.C30H24.C11H24O2.Ir/c1-3-13-31(14-4-1)39-27-41(35-21-19-29-11-7-9-17-33(29)25-35)45-43-37(39)23-24-38-40(32-15-5-2-6-16-32)28-42(46-44(38)43)36-22-20-30-12-8-10-18-34(30)26-36;1-3-17-33-30(14-1)31-15-2-4-18-34(31)39-38(33)41-24-36(42-39)28-13-8-11-26(23-28)25-10-7-12-27(22-25)29-19-9-20-35-32-16-5-6-21-37(32)43-40(29)35;1-19-9-20(2)12-27(11-19)29-17-25-15-23-7-5-6-8-24(23)16-26(25)18-30(29)28-13-21(3)10-22(4)14-28;1-10(2,3)8(12)7-9(13)11(4,5)6;/h1-28H;1-24H;5-13,15-17H,1-4H3;8-9,12-13H,7H2,1-6H3;/q;;-2;;. The summed E-state index contributed by atoms with van der Waals surface area (Å²) in [5.41, 5.74) is 28.5. The molecule has 2 N–H and O–H groups in total. The molecule has 23 aromatic rings. The van der Waals surface area contributed by atoms with E-state index in [2.05, 4.69) is 422 Å². The molecule has 0 aliphatic rings. The van der Waals surface area contributed by atoms with E-state index in [-0.39, 0.29) is 30.9 Å². The molecule has 133 heavy (non-hydrogen) atoms. The first kappa shape index (κ1) is 88.0. The molecule has 0 fully saturated rings. The average Bonchev–Trinajstić information content (AvgIpc) is 1.32. The van der Waals surface area contributed by atoms with E-state index in [1.807, 2.05) is 59.1 Å². The van der Waals surface area contributed by atoms with Crippen molar-refractivity contribution in [3.8, 4) is 101 Å². The Bertz CT molecular complexity index is 7990. The fourth-order valence-corrected chi connectivity index (χ4v) is 19.8. The third-order valence-electron chi connectivity index (χ3n) is 25.7. The van der Waals surface area contributed by atoms with Crippen molar-refractivity contribution < 1.29 is 30.3 Å². The Morgan fingerprint density at radius 1 is 0.286 bits per heavy atom. The molecule has 0 spiro atoms. The van der Waals surface area contributed by atoms with Gasteiger partial charge in [-0.05, 0) is 149 Å². The molecule has 0 saturated heterocycles. The molecule has 649 valence electrons. The number of fused-ring (bicyclic) bond motifs is 16. The zero-order chi connectivity index (χ0) is 90.5. The molecule has 0 saturated carbocycles. The van der Waals surface area contributed by atoms with E-state index in [0.29, 0.717) is 6.42 Å².